The predicted molar refractivity (Wildman–Crippen MR) is 75.1 cm³/mol. The lowest BCUT2D eigenvalue weighted by molar-refractivity contribution is 0.0697. The van der Waals surface area contributed by atoms with Crippen molar-refractivity contribution in [2.24, 2.45) is 5.10 Å². The van der Waals surface area contributed by atoms with Gasteiger partial charge in [-0.1, -0.05) is 0 Å². The zero-order chi connectivity index (χ0) is 14.5. The van der Waals surface area contributed by atoms with Crippen LogP contribution in [0.3, 0.4) is 0 Å². The molecule has 2 rings (SSSR count). The van der Waals surface area contributed by atoms with Crippen molar-refractivity contribution in [1.29, 1.82) is 5.26 Å². The Morgan fingerprint density at radius 2 is 2.20 bits per heavy atom. The van der Waals surface area contributed by atoms with Crippen LogP contribution in [-0.2, 0) is 0 Å². The molecule has 0 radical (unpaired) electrons. The number of nitriles is 1. The summed E-state index contributed by atoms with van der Waals surface area (Å²) in [5.74, 6) is -0.483. The molecule has 0 atom stereocenters. The van der Waals surface area contributed by atoms with E-state index in [1.165, 1.54) is 6.07 Å². The lowest BCUT2D eigenvalue weighted by atomic mass is 10.1. The second-order valence-electron chi connectivity index (χ2n) is 4.49. The minimum Gasteiger partial charge on any atom is -0.478 e. The first kappa shape index (κ1) is 13.8. The Labute approximate surface area is 116 Å². The van der Waals surface area contributed by atoms with Crippen molar-refractivity contribution in [3.8, 4) is 6.07 Å². The van der Waals surface area contributed by atoms with Crippen molar-refractivity contribution in [3.05, 3.63) is 17.2 Å². The van der Waals surface area contributed by atoms with Crippen molar-refractivity contribution in [2.45, 2.75) is 19.3 Å². The van der Waals surface area contributed by atoms with E-state index < -0.39 is 5.97 Å². The van der Waals surface area contributed by atoms with Crippen molar-refractivity contribution >= 4 is 24.3 Å². The van der Waals surface area contributed by atoms with Crippen molar-refractivity contribution in [1.82, 2.24) is 4.98 Å². The molecule has 7 nitrogen and oxygen atoms in total. The molecule has 1 aromatic rings. The topological polar surface area (TPSA) is 102 Å². The number of rotatable bonds is 4. The lowest BCUT2D eigenvalue weighted by Crippen LogP contribution is -2.32. The number of nitrogens with zero attached hydrogens (tertiary/aromatic N) is 4. The van der Waals surface area contributed by atoms with Crippen LogP contribution in [0.25, 0.3) is 0 Å². The van der Waals surface area contributed by atoms with Crippen LogP contribution in [0, 0.1) is 11.3 Å². The van der Waals surface area contributed by atoms with E-state index in [0.29, 0.717) is 5.82 Å². The van der Waals surface area contributed by atoms with E-state index in [1.807, 2.05) is 11.0 Å². The first-order valence-corrected chi connectivity index (χ1v) is 6.32. The van der Waals surface area contributed by atoms with Crippen LogP contribution in [0.2, 0.25) is 0 Å². The first-order valence-electron chi connectivity index (χ1n) is 6.32. The molecule has 0 bridgehead atoms. The van der Waals surface area contributed by atoms with Crippen molar-refractivity contribution in [3.63, 3.8) is 0 Å². The van der Waals surface area contributed by atoms with Crippen LogP contribution in [0.4, 0.5) is 11.6 Å². The maximum Gasteiger partial charge on any atom is 0.339 e. The van der Waals surface area contributed by atoms with Gasteiger partial charge in [0.2, 0.25) is 0 Å². The van der Waals surface area contributed by atoms with Crippen LogP contribution in [0.1, 0.15) is 35.2 Å². The number of piperidine rings is 1. The average molecular weight is 273 g/mol. The maximum absolute atomic E-state index is 11.4. The molecule has 2 heterocycles. The Bertz CT molecular complexity index is 573. The Morgan fingerprint density at radius 1 is 1.50 bits per heavy atom. The molecule has 0 saturated carbocycles. The number of pyridine rings is 1. The highest BCUT2D eigenvalue weighted by Crippen LogP contribution is 2.26. The van der Waals surface area contributed by atoms with Gasteiger partial charge in [-0.15, -0.1) is 0 Å². The van der Waals surface area contributed by atoms with Gasteiger partial charge in [-0.2, -0.15) is 10.4 Å². The van der Waals surface area contributed by atoms with Crippen LogP contribution < -0.4 is 10.3 Å². The molecular weight excluding hydrogens is 258 g/mol. The number of carboxylic acid groups (broad SMARTS) is 1. The maximum atomic E-state index is 11.4. The molecule has 1 aliphatic heterocycles. The summed E-state index contributed by atoms with van der Waals surface area (Å²) in [6.07, 6.45) is 3.14. The normalized spacial score (nSPS) is 14.4. The summed E-state index contributed by atoms with van der Waals surface area (Å²) in [5.41, 5.74) is 2.71. The van der Waals surface area contributed by atoms with E-state index in [2.05, 4.69) is 22.2 Å². The number of carboxylic acids is 1. The van der Waals surface area contributed by atoms with Gasteiger partial charge < -0.3 is 10.0 Å². The Hall–Kier alpha value is -2.62. The molecule has 0 spiro atoms. The van der Waals surface area contributed by atoms with Crippen LogP contribution in [0.5, 0.6) is 0 Å². The fraction of sp³-hybridized carbons (Fsp3) is 0.385. The molecule has 0 aliphatic carbocycles. The standard InChI is InChI=1S/C13H15N5O2/c1-15-17-11-9(8-14)7-10(13(19)20)12(16-11)18-5-3-2-4-6-18/h7H,1-6H2,(H,16,17)(H,19,20). The van der Waals surface area contributed by atoms with Gasteiger partial charge in [0, 0.05) is 19.8 Å². The van der Waals surface area contributed by atoms with E-state index in [-0.39, 0.29) is 16.9 Å². The third kappa shape index (κ3) is 2.69. The Balaban J connectivity index is 2.51. The molecule has 1 aromatic heterocycles. The summed E-state index contributed by atoms with van der Waals surface area (Å²) >= 11 is 0. The molecule has 2 N–H and O–H groups in total. The SMILES string of the molecule is C=NNc1nc(N2CCCCC2)c(C(=O)O)cc1C#N. The third-order valence-corrected chi connectivity index (χ3v) is 3.19. The summed E-state index contributed by atoms with van der Waals surface area (Å²) in [4.78, 5) is 17.6. The number of hydrogen-bond donors (Lipinski definition) is 2. The molecule has 1 saturated heterocycles. The zero-order valence-electron chi connectivity index (χ0n) is 11.0. The fourth-order valence-electron chi connectivity index (χ4n) is 2.25. The number of hydrogen-bond acceptors (Lipinski definition) is 6. The van der Waals surface area contributed by atoms with Gasteiger partial charge >= 0.3 is 5.97 Å². The van der Waals surface area contributed by atoms with Gasteiger partial charge in [0.1, 0.15) is 17.5 Å². The van der Waals surface area contributed by atoms with E-state index in [9.17, 15) is 9.90 Å². The molecule has 20 heavy (non-hydrogen) atoms. The van der Waals surface area contributed by atoms with Gasteiger partial charge in [-0.3, -0.25) is 5.43 Å². The molecule has 104 valence electrons. The van der Waals surface area contributed by atoms with Crippen LogP contribution in [-0.4, -0.2) is 35.9 Å². The summed E-state index contributed by atoms with van der Waals surface area (Å²) in [6, 6.07) is 3.24. The number of anilines is 2. The number of aromatic carboxylic acids is 1. The molecule has 0 amide bonds. The third-order valence-electron chi connectivity index (χ3n) is 3.19. The second-order valence-corrected chi connectivity index (χ2v) is 4.49. The molecule has 7 heteroatoms. The van der Waals surface area contributed by atoms with Crippen molar-refractivity contribution in [2.75, 3.05) is 23.4 Å². The second kappa shape index (κ2) is 6.02. The minimum absolute atomic E-state index is 0.0399. The number of nitrogens with one attached hydrogen (secondary N) is 1. The predicted octanol–water partition coefficient (Wildman–Crippen LogP) is 1.67. The zero-order valence-corrected chi connectivity index (χ0v) is 11.0. The highest BCUT2D eigenvalue weighted by atomic mass is 16.4. The highest BCUT2D eigenvalue weighted by molar-refractivity contribution is 5.94. The van der Waals surface area contributed by atoms with Gasteiger partial charge in [0.05, 0.1) is 5.56 Å². The van der Waals surface area contributed by atoms with E-state index in [0.717, 1.165) is 32.4 Å². The van der Waals surface area contributed by atoms with Gasteiger partial charge in [0.15, 0.2) is 5.82 Å². The van der Waals surface area contributed by atoms with Crippen LogP contribution in [0.15, 0.2) is 11.2 Å². The molecule has 0 unspecified atom stereocenters. The quantitative estimate of drug-likeness (QED) is 0.639. The molecule has 0 aromatic carbocycles. The largest absolute Gasteiger partial charge is 0.478 e. The number of aromatic nitrogens is 1. The summed E-state index contributed by atoms with van der Waals surface area (Å²) < 4.78 is 0. The van der Waals surface area contributed by atoms with Gasteiger partial charge in [-0.25, -0.2) is 9.78 Å². The fourth-order valence-corrected chi connectivity index (χ4v) is 2.25. The monoisotopic (exact) mass is 273 g/mol. The van der Waals surface area contributed by atoms with E-state index in [4.69, 9.17) is 5.26 Å². The summed E-state index contributed by atoms with van der Waals surface area (Å²) in [6.45, 7) is 4.82. The Kier molecular flexibility index (Phi) is 4.15. The molecular formula is C13H15N5O2. The minimum atomic E-state index is -1.09. The Morgan fingerprint density at radius 3 is 2.75 bits per heavy atom. The van der Waals surface area contributed by atoms with Gasteiger partial charge in [0.25, 0.3) is 0 Å². The molecule has 1 fully saturated rings. The average Bonchev–Trinajstić information content (AvgIpc) is 2.48. The number of carbonyl (C=O) groups is 1. The first-order chi connectivity index (χ1) is 9.67. The van der Waals surface area contributed by atoms with E-state index >= 15 is 0 Å². The van der Waals surface area contributed by atoms with E-state index in [1.54, 1.807) is 0 Å². The molecule has 1 aliphatic rings. The van der Waals surface area contributed by atoms with Crippen LogP contribution >= 0.6 is 0 Å². The number of hydrazone groups is 1. The summed E-state index contributed by atoms with van der Waals surface area (Å²) in [7, 11) is 0. The highest BCUT2D eigenvalue weighted by Gasteiger charge is 2.22. The summed E-state index contributed by atoms with van der Waals surface area (Å²) in [5, 5.41) is 21.9. The smallest absolute Gasteiger partial charge is 0.339 e. The van der Waals surface area contributed by atoms with Gasteiger partial charge in [-0.05, 0) is 25.3 Å². The lowest BCUT2D eigenvalue weighted by Gasteiger charge is -2.29. The van der Waals surface area contributed by atoms with Crippen molar-refractivity contribution < 1.29 is 9.90 Å².